The molecule has 1 aromatic carbocycles. The summed E-state index contributed by atoms with van der Waals surface area (Å²) >= 11 is 0. The molecule has 1 fully saturated rings. The zero-order chi connectivity index (χ0) is 14.9. The minimum absolute atomic E-state index is 0.160. The smallest absolute Gasteiger partial charge is 0.410 e. The Morgan fingerprint density at radius 2 is 2.10 bits per heavy atom. The molecule has 0 saturated carbocycles. The summed E-state index contributed by atoms with van der Waals surface area (Å²) in [4.78, 5) is 17.4. The fraction of sp³-hybridized carbons (Fsp3) is 0.357. The molecule has 7 heteroatoms. The summed E-state index contributed by atoms with van der Waals surface area (Å²) in [5.41, 5.74) is -0.216. The maximum absolute atomic E-state index is 11.9. The molecule has 21 heavy (non-hydrogen) atoms. The van der Waals surface area contributed by atoms with Crippen LogP contribution in [0.4, 0.5) is 4.79 Å². The van der Waals surface area contributed by atoms with Gasteiger partial charge in [0.05, 0.1) is 13.1 Å². The lowest BCUT2D eigenvalue weighted by Crippen LogP contribution is -2.62. The number of aliphatic hydroxyl groups is 1. The first-order valence-corrected chi connectivity index (χ1v) is 6.61. The van der Waals surface area contributed by atoms with Crippen LogP contribution in [0, 0.1) is 0 Å². The van der Waals surface area contributed by atoms with Gasteiger partial charge in [-0.1, -0.05) is 30.3 Å². The number of benzene rings is 1. The van der Waals surface area contributed by atoms with Crippen molar-refractivity contribution in [3.63, 3.8) is 0 Å². The van der Waals surface area contributed by atoms with E-state index < -0.39 is 11.7 Å². The van der Waals surface area contributed by atoms with Gasteiger partial charge in [0.2, 0.25) is 0 Å². The van der Waals surface area contributed by atoms with Gasteiger partial charge in [0.1, 0.15) is 12.9 Å². The van der Waals surface area contributed by atoms with Crippen LogP contribution < -0.4 is 0 Å². The molecule has 110 valence electrons. The largest absolute Gasteiger partial charge is 0.445 e. The molecule has 0 aliphatic carbocycles. The van der Waals surface area contributed by atoms with Crippen molar-refractivity contribution in [2.75, 3.05) is 13.1 Å². The molecule has 1 saturated heterocycles. The van der Waals surface area contributed by atoms with Crippen molar-refractivity contribution >= 4 is 6.09 Å². The molecule has 1 amide bonds. The van der Waals surface area contributed by atoms with Crippen LogP contribution in [0.15, 0.2) is 36.7 Å². The fourth-order valence-corrected chi connectivity index (χ4v) is 2.38. The van der Waals surface area contributed by atoms with Crippen LogP contribution in [-0.2, 0) is 24.0 Å². The topological polar surface area (TPSA) is 80.5 Å². The van der Waals surface area contributed by atoms with Crippen molar-refractivity contribution in [1.29, 1.82) is 0 Å². The van der Waals surface area contributed by atoms with E-state index in [0.29, 0.717) is 5.82 Å². The Morgan fingerprint density at radius 3 is 2.71 bits per heavy atom. The molecule has 3 rings (SSSR count). The third kappa shape index (κ3) is 2.59. The molecule has 1 aliphatic heterocycles. The first-order chi connectivity index (χ1) is 10.1. The monoisotopic (exact) mass is 288 g/mol. The number of β-amino-alcohol motifs (C(OH)–C–C–N with tert-alkyl or cyclic N) is 1. The summed E-state index contributed by atoms with van der Waals surface area (Å²) in [5.74, 6) is 0.453. The Kier molecular flexibility index (Phi) is 3.34. The highest BCUT2D eigenvalue weighted by Crippen LogP contribution is 2.30. The first kappa shape index (κ1) is 13.6. The molecule has 2 aromatic rings. The van der Waals surface area contributed by atoms with Gasteiger partial charge >= 0.3 is 6.09 Å². The molecule has 0 unspecified atom stereocenters. The highest BCUT2D eigenvalue weighted by atomic mass is 16.6. The fourth-order valence-electron chi connectivity index (χ4n) is 2.38. The summed E-state index contributed by atoms with van der Waals surface area (Å²) in [6.45, 7) is 0.541. The number of amides is 1. The second-order valence-corrected chi connectivity index (χ2v) is 5.14. The van der Waals surface area contributed by atoms with Crippen molar-refractivity contribution < 1.29 is 14.6 Å². The van der Waals surface area contributed by atoms with E-state index in [1.54, 1.807) is 7.05 Å². The molecule has 0 spiro atoms. The predicted octanol–water partition coefficient (Wildman–Crippen LogP) is 0.655. The average Bonchev–Trinajstić information content (AvgIpc) is 2.89. The number of ether oxygens (including phenoxy) is 1. The SMILES string of the molecule is Cn1ncnc1C1(O)CN(C(=O)OCc2ccccc2)C1. The highest BCUT2D eigenvalue weighted by Gasteiger charge is 2.48. The number of carbonyl (C=O) groups is 1. The van der Waals surface area contributed by atoms with E-state index in [4.69, 9.17) is 4.74 Å². The van der Waals surface area contributed by atoms with E-state index in [2.05, 4.69) is 10.1 Å². The second kappa shape index (κ2) is 5.17. The predicted molar refractivity (Wildman–Crippen MR) is 73.1 cm³/mol. The Balaban J connectivity index is 1.54. The average molecular weight is 288 g/mol. The molecule has 0 atom stereocenters. The maximum Gasteiger partial charge on any atom is 0.410 e. The molecule has 7 nitrogen and oxygen atoms in total. The number of hydrogen-bond donors (Lipinski definition) is 1. The number of carbonyl (C=O) groups excluding carboxylic acids is 1. The third-order valence-electron chi connectivity index (χ3n) is 3.50. The number of aryl methyl sites for hydroxylation is 1. The summed E-state index contributed by atoms with van der Waals surface area (Å²) < 4.78 is 6.71. The highest BCUT2D eigenvalue weighted by molar-refractivity contribution is 5.69. The van der Waals surface area contributed by atoms with E-state index in [-0.39, 0.29) is 19.7 Å². The number of rotatable bonds is 3. The van der Waals surface area contributed by atoms with E-state index >= 15 is 0 Å². The van der Waals surface area contributed by atoms with Gasteiger partial charge in [0.25, 0.3) is 0 Å². The summed E-state index contributed by atoms with van der Waals surface area (Å²) in [7, 11) is 1.71. The van der Waals surface area contributed by atoms with Gasteiger partial charge < -0.3 is 14.7 Å². The Bertz CT molecular complexity index is 635. The van der Waals surface area contributed by atoms with Gasteiger partial charge in [-0.25, -0.2) is 9.78 Å². The Morgan fingerprint density at radius 1 is 1.38 bits per heavy atom. The van der Waals surface area contributed by atoms with Gasteiger partial charge in [-0.15, -0.1) is 0 Å². The Hall–Kier alpha value is -2.41. The molecular weight excluding hydrogens is 272 g/mol. The van der Waals surface area contributed by atoms with Crippen LogP contribution in [-0.4, -0.2) is 44.0 Å². The standard InChI is InChI=1S/C14H16N4O3/c1-17-12(15-10-16-17)14(20)8-18(9-14)13(19)21-7-11-5-3-2-4-6-11/h2-6,10,20H,7-9H2,1H3. The van der Waals surface area contributed by atoms with Crippen LogP contribution in [0.3, 0.4) is 0 Å². The Labute approximate surface area is 121 Å². The summed E-state index contributed by atoms with van der Waals surface area (Å²) in [5, 5.41) is 14.3. The summed E-state index contributed by atoms with van der Waals surface area (Å²) in [6, 6.07) is 9.46. The van der Waals surface area contributed by atoms with Crippen molar-refractivity contribution in [2.24, 2.45) is 7.05 Å². The van der Waals surface area contributed by atoms with E-state index in [1.165, 1.54) is 15.9 Å². The van der Waals surface area contributed by atoms with Crippen LogP contribution in [0.25, 0.3) is 0 Å². The quantitative estimate of drug-likeness (QED) is 0.897. The summed E-state index contributed by atoms with van der Waals surface area (Å²) in [6.07, 6.45) is 0.939. The maximum atomic E-state index is 11.9. The normalized spacial score (nSPS) is 16.4. The lowest BCUT2D eigenvalue weighted by molar-refractivity contribution is -0.102. The van der Waals surface area contributed by atoms with E-state index in [1.807, 2.05) is 30.3 Å². The lowest BCUT2D eigenvalue weighted by atomic mass is 9.94. The zero-order valence-electron chi connectivity index (χ0n) is 11.6. The molecule has 0 bridgehead atoms. The first-order valence-electron chi connectivity index (χ1n) is 6.61. The molecule has 2 heterocycles. The van der Waals surface area contributed by atoms with Crippen LogP contribution in [0.1, 0.15) is 11.4 Å². The molecular formula is C14H16N4O3. The molecule has 0 radical (unpaired) electrons. The molecule has 1 aliphatic rings. The third-order valence-corrected chi connectivity index (χ3v) is 3.50. The van der Waals surface area contributed by atoms with E-state index in [9.17, 15) is 9.90 Å². The van der Waals surface area contributed by atoms with Gasteiger partial charge in [-0.3, -0.25) is 4.68 Å². The number of nitrogens with zero attached hydrogens (tertiary/aromatic N) is 4. The minimum atomic E-state index is -1.14. The lowest BCUT2D eigenvalue weighted by Gasteiger charge is -2.44. The molecule has 1 aromatic heterocycles. The molecule has 1 N–H and O–H groups in total. The van der Waals surface area contributed by atoms with Crippen molar-refractivity contribution in [3.05, 3.63) is 48.0 Å². The van der Waals surface area contributed by atoms with Crippen LogP contribution >= 0.6 is 0 Å². The van der Waals surface area contributed by atoms with Gasteiger partial charge in [0, 0.05) is 7.05 Å². The van der Waals surface area contributed by atoms with Gasteiger partial charge in [0.15, 0.2) is 11.4 Å². The second-order valence-electron chi connectivity index (χ2n) is 5.14. The number of aromatic nitrogens is 3. The van der Waals surface area contributed by atoms with Gasteiger partial charge in [-0.05, 0) is 5.56 Å². The van der Waals surface area contributed by atoms with Gasteiger partial charge in [-0.2, -0.15) is 5.10 Å². The van der Waals surface area contributed by atoms with Crippen LogP contribution in [0.2, 0.25) is 0 Å². The van der Waals surface area contributed by atoms with Crippen molar-refractivity contribution in [2.45, 2.75) is 12.2 Å². The van der Waals surface area contributed by atoms with Crippen molar-refractivity contribution in [3.8, 4) is 0 Å². The van der Waals surface area contributed by atoms with E-state index in [0.717, 1.165) is 5.56 Å². The number of hydrogen-bond acceptors (Lipinski definition) is 5. The van der Waals surface area contributed by atoms with Crippen molar-refractivity contribution in [1.82, 2.24) is 19.7 Å². The zero-order valence-corrected chi connectivity index (χ0v) is 11.6. The van der Waals surface area contributed by atoms with Crippen LogP contribution in [0.5, 0.6) is 0 Å². The number of likely N-dealkylation sites (tertiary alicyclic amines) is 1. The minimum Gasteiger partial charge on any atom is -0.445 e.